The fourth-order valence-corrected chi connectivity index (χ4v) is 0.908. The van der Waals surface area contributed by atoms with E-state index >= 15 is 0 Å². The van der Waals surface area contributed by atoms with Gasteiger partial charge in [-0.05, 0) is 29.9 Å². The van der Waals surface area contributed by atoms with Crippen molar-refractivity contribution in [3.8, 4) is 0 Å². The van der Waals surface area contributed by atoms with Crippen LogP contribution in [0.1, 0.15) is 5.56 Å². The summed E-state index contributed by atoms with van der Waals surface area (Å²) in [4.78, 5) is 0. The second-order valence-corrected chi connectivity index (χ2v) is 2.79. The molecule has 0 fully saturated rings. The zero-order chi connectivity index (χ0) is 8.97. The van der Waals surface area contributed by atoms with Gasteiger partial charge < -0.3 is 11.1 Å². The summed E-state index contributed by atoms with van der Waals surface area (Å²) in [5, 5.41) is 2.95. The van der Waals surface area contributed by atoms with Gasteiger partial charge in [-0.25, -0.2) is 4.39 Å². The number of thiocarbonyl (C=S) groups is 1. The lowest BCUT2D eigenvalue weighted by Crippen LogP contribution is -2.28. The summed E-state index contributed by atoms with van der Waals surface area (Å²) in [6.45, 7) is 0.465. The molecule has 1 aromatic carbocycles. The highest BCUT2D eigenvalue weighted by molar-refractivity contribution is 7.80. The lowest BCUT2D eigenvalue weighted by molar-refractivity contribution is 0.625. The van der Waals surface area contributed by atoms with Gasteiger partial charge in [-0.1, -0.05) is 12.1 Å². The highest BCUT2D eigenvalue weighted by atomic mass is 32.1. The number of nitrogens with two attached hydrogens (primary N) is 1. The van der Waals surface area contributed by atoms with Crippen LogP contribution >= 0.6 is 12.2 Å². The lowest BCUT2D eigenvalue weighted by Gasteiger charge is -2.02. The fourth-order valence-electron chi connectivity index (χ4n) is 0.836. The maximum absolute atomic E-state index is 12.6. The van der Waals surface area contributed by atoms with E-state index in [4.69, 9.17) is 5.73 Å². The third kappa shape index (κ3) is 2.84. The van der Waals surface area contributed by atoms with Crippen LogP contribution in [0.15, 0.2) is 24.3 Å². The number of rotatable bonds is 2. The van der Waals surface area contributed by atoms with Gasteiger partial charge in [0.25, 0.3) is 0 Å². The summed E-state index contributed by atoms with van der Waals surface area (Å²) in [7, 11) is 0. The van der Waals surface area contributed by atoms with Gasteiger partial charge >= 0.3 is 0 Å². The Morgan fingerprint density at radius 3 is 2.92 bits per heavy atom. The number of hydrogen-bond acceptors (Lipinski definition) is 1. The van der Waals surface area contributed by atoms with Crippen LogP contribution in [0.4, 0.5) is 4.39 Å². The number of halogens is 1. The quantitative estimate of drug-likeness (QED) is 0.677. The highest BCUT2D eigenvalue weighted by Crippen LogP contribution is 2.02. The van der Waals surface area contributed by atoms with Crippen molar-refractivity contribution in [2.45, 2.75) is 6.54 Å². The normalized spacial score (nSPS) is 9.42. The Morgan fingerprint density at radius 1 is 1.58 bits per heavy atom. The largest absolute Gasteiger partial charge is 0.376 e. The minimum atomic E-state index is -0.253. The first-order valence-corrected chi connectivity index (χ1v) is 3.87. The number of benzene rings is 1. The summed E-state index contributed by atoms with van der Waals surface area (Å²) in [6, 6.07) is 6.27. The lowest BCUT2D eigenvalue weighted by atomic mass is 10.2. The molecule has 0 heterocycles. The van der Waals surface area contributed by atoms with Crippen LogP contribution in [0.25, 0.3) is 0 Å². The van der Waals surface area contributed by atoms with Crippen LogP contribution in [0.3, 0.4) is 0 Å². The minimum absolute atomic E-state index is 0.222. The second-order valence-electron chi connectivity index (χ2n) is 2.35. The molecule has 0 radical (unpaired) electrons. The first-order valence-electron chi connectivity index (χ1n) is 3.46. The molecule has 0 saturated carbocycles. The Kier molecular flexibility index (Phi) is 2.99. The third-order valence-corrected chi connectivity index (χ3v) is 1.50. The maximum Gasteiger partial charge on any atom is 0.163 e. The van der Waals surface area contributed by atoms with Crippen molar-refractivity contribution in [3.63, 3.8) is 0 Å². The van der Waals surface area contributed by atoms with E-state index in [0.717, 1.165) is 5.56 Å². The average Bonchev–Trinajstić information content (AvgIpc) is 2.01. The monoisotopic (exact) mass is 184 g/mol. The van der Waals surface area contributed by atoms with Crippen molar-refractivity contribution >= 4 is 17.3 Å². The maximum atomic E-state index is 12.6. The molecule has 0 aliphatic carbocycles. The molecule has 0 spiro atoms. The van der Waals surface area contributed by atoms with Crippen molar-refractivity contribution in [1.82, 2.24) is 5.32 Å². The molecule has 12 heavy (non-hydrogen) atoms. The van der Waals surface area contributed by atoms with Crippen molar-refractivity contribution < 1.29 is 4.39 Å². The standard InChI is InChI=1S/C8H9FN2S/c9-7-3-1-2-6(4-7)5-11-8(10)12/h1-4H,5H2,(H3,10,11,12). The molecule has 0 unspecified atom stereocenters. The summed E-state index contributed by atoms with van der Waals surface area (Å²) >= 11 is 4.60. The molecule has 0 bridgehead atoms. The Balaban J connectivity index is 2.57. The van der Waals surface area contributed by atoms with Crippen LogP contribution in [0.5, 0.6) is 0 Å². The van der Waals surface area contributed by atoms with Gasteiger partial charge in [-0.2, -0.15) is 0 Å². The zero-order valence-corrected chi connectivity index (χ0v) is 7.20. The van der Waals surface area contributed by atoms with Crippen molar-refractivity contribution in [1.29, 1.82) is 0 Å². The van der Waals surface area contributed by atoms with Crippen molar-refractivity contribution in [2.75, 3.05) is 0 Å². The topological polar surface area (TPSA) is 38.0 Å². The number of hydrogen-bond donors (Lipinski definition) is 2. The smallest absolute Gasteiger partial charge is 0.163 e. The number of nitrogens with one attached hydrogen (secondary N) is 1. The van der Waals surface area contributed by atoms with Crippen LogP contribution in [0, 0.1) is 5.82 Å². The van der Waals surface area contributed by atoms with Gasteiger partial charge in [0.2, 0.25) is 0 Å². The summed E-state index contributed by atoms with van der Waals surface area (Å²) in [6.07, 6.45) is 0. The van der Waals surface area contributed by atoms with Crippen LogP contribution < -0.4 is 11.1 Å². The van der Waals surface area contributed by atoms with Gasteiger partial charge in [-0.15, -0.1) is 0 Å². The third-order valence-electron chi connectivity index (χ3n) is 1.36. The molecule has 4 heteroatoms. The van der Waals surface area contributed by atoms with E-state index in [0.29, 0.717) is 6.54 Å². The van der Waals surface area contributed by atoms with Gasteiger partial charge in [0.15, 0.2) is 5.11 Å². The van der Waals surface area contributed by atoms with E-state index in [1.807, 2.05) is 0 Å². The van der Waals surface area contributed by atoms with Crippen LogP contribution in [-0.4, -0.2) is 5.11 Å². The fraction of sp³-hybridized carbons (Fsp3) is 0.125. The Morgan fingerprint density at radius 2 is 2.33 bits per heavy atom. The van der Waals surface area contributed by atoms with E-state index in [-0.39, 0.29) is 10.9 Å². The van der Waals surface area contributed by atoms with Crippen molar-refractivity contribution in [2.24, 2.45) is 5.73 Å². The molecule has 1 rings (SSSR count). The molecular formula is C8H9FN2S. The first-order chi connectivity index (χ1) is 5.68. The van der Waals surface area contributed by atoms with E-state index in [1.165, 1.54) is 12.1 Å². The second kappa shape index (κ2) is 4.01. The van der Waals surface area contributed by atoms with E-state index < -0.39 is 0 Å². The molecule has 0 amide bonds. The molecule has 0 aromatic heterocycles. The molecule has 0 aliphatic heterocycles. The molecule has 1 aromatic rings. The Labute approximate surface area is 75.6 Å². The van der Waals surface area contributed by atoms with E-state index in [2.05, 4.69) is 17.5 Å². The minimum Gasteiger partial charge on any atom is -0.376 e. The molecule has 64 valence electrons. The van der Waals surface area contributed by atoms with Gasteiger partial charge in [0, 0.05) is 6.54 Å². The first kappa shape index (κ1) is 8.93. The average molecular weight is 184 g/mol. The molecule has 0 saturated heterocycles. The van der Waals surface area contributed by atoms with Gasteiger partial charge in [0.05, 0.1) is 0 Å². The summed E-state index contributed by atoms with van der Waals surface area (Å²) in [5.74, 6) is -0.253. The zero-order valence-electron chi connectivity index (χ0n) is 6.38. The summed E-state index contributed by atoms with van der Waals surface area (Å²) in [5.41, 5.74) is 6.03. The molecule has 2 nitrogen and oxygen atoms in total. The Hall–Kier alpha value is -1.16. The van der Waals surface area contributed by atoms with E-state index in [9.17, 15) is 4.39 Å². The van der Waals surface area contributed by atoms with E-state index in [1.54, 1.807) is 12.1 Å². The van der Waals surface area contributed by atoms with Crippen molar-refractivity contribution in [3.05, 3.63) is 35.6 Å². The predicted molar refractivity (Wildman–Crippen MR) is 50.0 cm³/mol. The van der Waals surface area contributed by atoms with Crippen LogP contribution in [0.2, 0.25) is 0 Å². The predicted octanol–water partition coefficient (Wildman–Crippen LogP) is 1.16. The molecule has 0 atom stereocenters. The van der Waals surface area contributed by atoms with Gasteiger partial charge in [0.1, 0.15) is 5.82 Å². The SMILES string of the molecule is NC(=S)NCc1cccc(F)c1. The van der Waals surface area contributed by atoms with Gasteiger partial charge in [-0.3, -0.25) is 0 Å². The molecule has 3 N–H and O–H groups in total. The Bertz CT molecular complexity index is 288. The summed E-state index contributed by atoms with van der Waals surface area (Å²) < 4.78 is 12.6. The molecule has 0 aliphatic rings. The molecular weight excluding hydrogens is 175 g/mol. The highest BCUT2D eigenvalue weighted by Gasteiger charge is 1.94. The van der Waals surface area contributed by atoms with Crippen LogP contribution in [-0.2, 0) is 6.54 Å².